The number of nitrogens with one attached hydrogen (secondary N) is 1. The number of hydrogen-bond donors (Lipinski definition) is 3. The first-order valence-electron chi connectivity index (χ1n) is 8.07. The second-order valence-corrected chi connectivity index (χ2v) is 5.77. The van der Waals surface area contributed by atoms with Gasteiger partial charge < -0.3 is 20.9 Å². The zero-order valence-electron chi connectivity index (χ0n) is 13.8. The third-order valence-corrected chi connectivity index (χ3v) is 3.77. The molecule has 2 aromatic rings. The van der Waals surface area contributed by atoms with E-state index in [0.29, 0.717) is 0 Å². The van der Waals surface area contributed by atoms with Gasteiger partial charge in [0.2, 0.25) is 6.29 Å². The van der Waals surface area contributed by atoms with Crippen molar-refractivity contribution in [1.29, 1.82) is 0 Å². The van der Waals surface area contributed by atoms with Gasteiger partial charge in [-0.15, -0.1) is 0 Å². The summed E-state index contributed by atoms with van der Waals surface area (Å²) in [6.07, 6.45) is 0.870. The van der Waals surface area contributed by atoms with E-state index in [1.165, 1.54) is 5.56 Å². The lowest BCUT2D eigenvalue weighted by molar-refractivity contribution is -0.0172. The van der Waals surface area contributed by atoms with Crippen molar-refractivity contribution in [3.63, 3.8) is 0 Å². The number of carbonyl (C=O) groups excluding carboxylic acids is 1. The third kappa shape index (κ3) is 5.68. The summed E-state index contributed by atoms with van der Waals surface area (Å²) in [5.41, 5.74) is 6.84. The Kier molecular flexibility index (Phi) is 6.78. The topological polar surface area (TPSA) is 84.6 Å². The average Bonchev–Trinajstić information content (AvgIpc) is 2.59. The van der Waals surface area contributed by atoms with E-state index in [2.05, 4.69) is 24.4 Å². The molecule has 128 valence electrons. The SMILES string of the molecule is CC(CCc1ccccc1)NC[C@H](O)Oc1ccccc1C(N)=O. The number of aryl methyl sites for hydroxylation is 1. The Morgan fingerprint density at radius 2 is 1.83 bits per heavy atom. The van der Waals surface area contributed by atoms with Gasteiger partial charge >= 0.3 is 0 Å². The van der Waals surface area contributed by atoms with Crippen LogP contribution in [-0.2, 0) is 6.42 Å². The minimum Gasteiger partial charge on any atom is -0.463 e. The molecule has 1 amide bonds. The molecule has 4 N–H and O–H groups in total. The second-order valence-electron chi connectivity index (χ2n) is 5.77. The van der Waals surface area contributed by atoms with Crippen molar-refractivity contribution in [2.24, 2.45) is 5.73 Å². The first-order chi connectivity index (χ1) is 11.6. The number of benzene rings is 2. The van der Waals surface area contributed by atoms with Crippen molar-refractivity contribution < 1.29 is 14.6 Å². The van der Waals surface area contributed by atoms with Gasteiger partial charge in [-0.05, 0) is 37.5 Å². The molecule has 1 unspecified atom stereocenters. The van der Waals surface area contributed by atoms with Crippen LogP contribution in [0.1, 0.15) is 29.3 Å². The summed E-state index contributed by atoms with van der Waals surface area (Å²) in [5.74, 6) is -0.293. The lowest BCUT2D eigenvalue weighted by atomic mass is 10.1. The van der Waals surface area contributed by atoms with E-state index in [0.717, 1.165) is 12.8 Å². The zero-order valence-corrected chi connectivity index (χ0v) is 13.8. The fraction of sp³-hybridized carbons (Fsp3) is 0.316. The minimum absolute atomic E-state index is 0.231. The molecule has 0 aromatic heterocycles. The largest absolute Gasteiger partial charge is 0.463 e. The molecule has 2 aromatic carbocycles. The van der Waals surface area contributed by atoms with Crippen LogP contribution in [0.25, 0.3) is 0 Å². The molecule has 2 atom stereocenters. The molecule has 0 bridgehead atoms. The summed E-state index contributed by atoms with van der Waals surface area (Å²) in [6.45, 7) is 2.33. The number of primary amides is 1. The van der Waals surface area contributed by atoms with Crippen molar-refractivity contribution >= 4 is 5.91 Å². The number of carbonyl (C=O) groups is 1. The molecule has 5 nitrogen and oxygen atoms in total. The van der Waals surface area contributed by atoms with E-state index in [1.54, 1.807) is 24.3 Å². The van der Waals surface area contributed by atoms with Gasteiger partial charge in [0.1, 0.15) is 5.75 Å². The summed E-state index contributed by atoms with van der Waals surface area (Å²) in [5, 5.41) is 13.2. The highest BCUT2D eigenvalue weighted by Gasteiger charge is 2.13. The highest BCUT2D eigenvalue weighted by Crippen LogP contribution is 2.18. The Labute approximate surface area is 142 Å². The van der Waals surface area contributed by atoms with Gasteiger partial charge in [-0.2, -0.15) is 0 Å². The number of hydrogen-bond acceptors (Lipinski definition) is 4. The average molecular weight is 328 g/mol. The van der Waals surface area contributed by atoms with Gasteiger partial charge in [0.25, 0.3) is 5.91 Å². The number of aliphatic hydroxyl groups is 1. The highest BCUT2D eigenvalue weighted by molar-refractivity contribution is 5.95. The Hall–Kier alpha value is -2.37. The van der Waals surface area contributed by atoms with Crippen molar-refractivity contribution in [2.75, 3.05) is 6.54 Å². The maximum atomic E-state index is 11.3. The quantitative estimate of drug-likeness (QED) is 0.615. The Bertz CT molecular complexity index is 646. The van der Waals surface area contributed by atoms with E-state index in [9.17, 15) is 9.90 Å². The third-order valence-electron chi connectivity index (χ3n) is 3.77. The van der Waals surface area contributed by atoms with E-state index in [1.807, 2.05) is 18.2 Å². The number of amides is 1. The fourth-order valence-electron chi connectivity index (χ4n) is 2.39. The van der Waals surface area contributed by atoms with Crippen LogP contribution in [-0.4, -0.2) is 29.9 Å². The predicted octanol–water partition coefficient (Wildman–Crippen LogP) is 2.09. The van der Waals surface area contributed by atoms with Gasteiger partial charge in [-0.25, -0.2) is 0 Å². The Balaban J connectivity index is 1.76. The van der Waals surface area contributed by atoms with Gasteiger partial charge in [-0.3, -0.25) is 4.79 Å². The van der Waals surface area contributed by atoms with Crippen LogP contribution in [0, 0.1) is 0 Å². The van der Waals surface area contributed by atoms with Crippen molar-refractivity contribution in [3.05, 3.63) is 65.7 Å². The smallest absolute Gasteiger partial charge is 0.252 e. The second kappa shape index (κ2) is 9.05. The maximum absolute atomic E-state index is 11.3. The molecule has 0 saturated heterocycles. The van der Waals surface area contributed by atoms with Crippen molar-refractivity contribution in [3.8, 4) is 5.75 Å². The predicted molar refractivity (Wildman–Crippen MR) is 93.8 cm³/mol. The van der Waals surface area contributed by atoms with Crippen LogP contribution in [0.15, 0.2) is 54.6 Å². The molecule has 0 fully saturated rings. The van der Waals surface area contributed by atoms with E-state index in [-0.39, 0.29) is 23.9 Å². The first-order valence-corrected chi connectivity index (χ1v) is 8.07. The van der Waals surface area contributed by atoms with Crippen LogP contribution in [0.2, 0.25) is 0 Å². The molecule has 5 heteroatoms. The van der Waals surface area contributed by atoms with Crippen LogP contribution >= 0.6 is 0 Å². The number of aliphatic hydroxyl groups excluding tert-OH is 1. The monoisotopic (exact) mass is 328 g/mol. The van der Waals surface area contributed by atoms with Gasteiger partial charge in [0, 0.05) is 6.04 Å². The van der Waals surface area contributed by atoms with Crippen LogP contribution in [0.4, 0.5) is 0 Å². The van der Waals surface area contributed by atoms with E-state index < -0.39 is 12.2 Å². The van der Waals surface area contributed by atoms with Gasteiger partial charge in [0.05, 0.1) is 12.1 Å². The van der Waals surface area contributed by atoms with Gasteiger partial charge in [0.15, 0.2) is 0 Å². The van der Waals surface area contributed by atoms with Crippen LogP contribution in [0.5, 0.6) is 5.75 Å². The summed E-state index contributed by atoms with van der Waals surface area (Å²) in [7, 11) is 0. The molecule has 2 rings (SSSR count). The number of para-hydroxylation sites is 1. The molecular weight excluding hydrogens is 304 g/mol. The molecule has 0 heterocycles. The fourth-order valence-corrected chi connectivity index (χ4v) is 2.39. The summed E-state index contributed by atoms with van der Waals surface area (Å²) >= 11 is 0. The first kappa shape index (κ1) is 18.0. The molecule has 0 radical (unpaired) electrons. The Morgan fingerprint density at radius 1 is 1.17 bits per heavy atom. The molecule has 24 heavy (non-hydrogen) atoms. The van der Waals surface area contributed by atoms with Crippen molar-refractivity contribution in [1.82, 2.24) is 5.32 Å². The zero-order chi connectivity index (χ0) is 17.4. The molecule has 0 spiro atoms. The van der Waals surface area contributed by atoms with E-state index >= 15 is 0 Å². The molecule has 0 aliphatic carbocycles. The minimum atomic E-state index is -1.05. The maximum Gasteiger partial charge on any atom is 0.252 e. The standard InChI is InChI=1S/C19H24N2O3/c1-14(11-12-15-7-3-2-4-8-15)21-13-18(22)24-17-10-6-5-9-16(17)19(20)23/h2-10,14,18,21-22H,11-13H2,1H3,(H2,20,23)/t14?,18-/m1/s1. The Morgan fingerprint density at radius 3 is 2.54 bits per heavy atom. The highest BCUT2D eigenvalue weighted by atomic mass is 16.6. The number of rotatable bonds is 9. The van der Waals surface area contributed by atoms with Crippen LogP contribution in [0.3, 0.4) is 0 Å². The molecule has 0 aliphatic heterocycles. The molecule has 0 aliphatic rings. The molecule has 0 saturated carbocycles. The lowest BCUT2D eigenvalue weighted by Crippen LogP contribution is -2.37. The molecular formula is C19H24N2O3. The number of ether oxygens (including phenoxy) is 1. The lowest BCUT2D eigenvalue weighted by Gasteiger charge is -2.19. The summed E-state index contributed by atoms with van der Waals surface area (Å²) in [6, 6.07) is 17.1. The van der Waals surface area contributed by atoms with E-state index in [4.69, 9.17) is 10.5 Å². The summed E-state index contributed by atoms with van der Waals surface area (Å²) < 4.78 is 5.41. The number of nitrogens with two attached hydrogens (primary N) is 1. The van der Waals surface area contributed by atoms with Crippen molar-refractivity contribution in [2.45, 2.75) is 32.1 Å². The van der Waals surface area contributed by atoms with Crippen LogP contribution < -0.4 is 15.8 Å². The normalized spacial score (nSPS) is 13.2. The van der Waals surface area contributed by atoms with Gasteiger partial charge in [-0.1, -0.05) is 42.5 Å². The summed E-state index contributed by atoms with van der Waals surface area (Å²) in [4.78, 5) is 11.3.